The Hall–Kier alpha value is -3.12. The molecule has 164 valence electrons. The van der Waals surface area contributed by atoms with Crippen molar-refractivity contribution in [1.82, 2.24) is 0 Å². The first kappa shape index (κ1) is 22.1. The number of carbonyl (C=O) groups excluding carboxylic acids is 1. The summed E-state index contributed by atoms with van der Waals surface area (Å²) in [5.41, 5.74) is 3.23. The quantitative estimate of drug-likeness (QED) is 0.289. The zero-order valence-electron chi connectivity index (χ0n) is 17.6. The molecule has 4 rings (SSSR count). The molecule has 0 aliphatic carbocycles. The van der Waals surface area contributed by atoms with Gasteiger partial charge in [0.15, 0.2) is 0 Å². The van der Waals surface area contributed by atoms with Crippen LogP contribution in [0.15, 0.2) is 66.7 Å². The normalized spacial score (nSPS) is 11.7. The van der Waals surface area contributed by atoms with E-state index in [1.807, 2.05) is 49.4 Å². The Morgan fingerprint density at radius 1 is 1.00 bits per heavy atom. The number of ether oxygens (including phenoxy) is 1. The van der Waals surface area contributed by atoms with Crippen LogP contribution in [0.1, 0.15) is 38.8 Å². The Labute approximate surface area is 188 Å². The van der Waals surface area contributed by atoms with Gasteiger partial charge in [0.05, 0.1) is 17.7 Å². The first-order chi connectivity index (χ1) is 15.3. The zero-order chi connectivity index (χ0) is 22.9. The lowest BCUT2D eigenvalue weighted by Gasteiger charge is -2.09. The molecule has 0 aliphatic heterocycles. The van der Waals surface area contributed by atoms with Gasteiger partial charge < -0.3 is 4.74 Å². The maximum atomic E-state index is 13.1. The number of esters is 1. The van der Waals surface area contributed by atoms with Crippen LogP contribution in [0.3, 0.4) is 0 Å². The molecule has 32 heavy (non-hydrogen) atoms. The number of hydrogen-bond acceptors (Lipinski definition) is 3. The highest BCUT2D eigenvalue weighted by atomic mass is 32.1. The van der Waals surface area contributed by atoms with Gasteiger partial charge in [-0.3, -0.25) is 0 Å². The van der Waals surface area contributed by atoms with Crippen LogP contribution in [0.25, 0.3) is 21.2 Å². The van der Waals surface area contributed by atoms with E-state index in [-0.39, 0.29) is 5.97 Å². The number of benzene rings is 3. The summed E-state index contributed by atoms with van der Waals surface area (Å²) in [6.07, 6.45) is -3.93. The summed E-state index contributed by atoms with van der Waals surface area (Å²) in [6, 6.07) is 19.1. The van der Waals surface area contributed by atoms with Crippen molar-refractivity contribution in [3.8, 4) is 11.1 Å². The fourth-order valence-electron chi connectivity index (χ4n) is 3.71. The number of halogens is 3. The van der Waals surface area contributed by atoms with Gasteiger partial charge in [0.2, 0.25) is 0 Å². The number of aryl methyl sites for hydroxylation is 1. The molecule has 0 spiro atoms. The van der Waals surface area contributed by atoms with Crippen LogP contribution in [-0.2, 0) is 17.3 Å². The number of hydrogen-bond donors (Lipinski definition) is 0. The molecule has 0 N–H and O–H groups in total. The van der Waals surface area contributed by atoms with Gasteiger partial charge in [-0.05, 0) is 59.7 Å². The first-order valence-electron chi connectivity index (χ1n) is 10.2. The van der Waals surface area contributed by atoms with Gasteiger partial charge in [-0.25, -0.2) is 4.79 Å². The van der Waals surface area contributed by atoms with E-state index in [1.165, 1.54) is 12.1 Å². The molecule has 3 aromatic carbocycles. The average molecular weight is 455 g/mol. The highest BCUT2D eigenvalue weighted by Gasteiger charge is 2.30. The van der Waals surface area contributed by atoms with Crippen molar-refractivity contribution in [3.63, 3.8) is 0 Å². The Morgan fingerprint density at radius 3 is 2.53 bits per heavy atom. The summed E-state index contributed by atoms with van der Waals surface area (Å²) in [7, 11) is 0. The van der Waals surface area contributed by atoms with Crippen molar-refractivity contribution >= 4 is 27.4 Å². The monoisotopic (exact) mass is 454 g/mol. The Morgan fingerprint density at radius 2 is 1.78 bits per heavy atom. The molecule has 0 aliphatic rings. The molecule has 4 aromatic rings. The molecular weight excluding hydrogens is 433 g/mol. The number of carbonyl (C=O) groups is 1. The van der Waals surface area contributed by atoms with Gasteiger partial charge in [0.1, 0.15) is 0 Å². The summed E-state index contributed by atoms with van der Waals surface area (Å²) in [4.78, 5) is 13.3. The second-order valence-electron chi connectivity index (χ2n) is 7.56. The summed E-state index contributed by atoms with van der Waals surface area (Å²) >= 11 is 1.56. The fraction of sp³-hybridized carbons (Fsp3) is 0.192. The molecule has 1 heterocycles. The third kappa shape index (κ3) is 4.55. The van der Waals surface area contributed by atoms with Crippen molar-refractivity contribution in [2.24, 2.45) is 0 Å². The van der Waals surface area contributed by atoms with Crippen molar-refractivity contribution in [2.45, 2.75) is 26.4 Å². The van der Waals surface area contributed by atoms with Crippen molar-refractivity contribution in [3.05, 3.63) is 93.9 Å². The first-order valence-corrected chi connectivity index (χ1v) is 11.0. The molecule has 0 radical (unpaired) electrons. The van der Waals surface area contributed by atoms with Crippen LogP contribution in [0, 0.1) is 6.92 Å². The summed E-state index contributed by atoms with van der Waals surface area (Å²) < 4.78 is 45.4. The number of thiophene rings is 1. The van der Waals surface area contributed by atoms with Gasteiger partial charge in [-0.2, -0.15) is 13.2 Å². The van der Waals surface area contributed by atoms with Crippen molar-refractivity contribution < 1.29 is 22.7 Å². The standard InChI is InChI=1S/C26H21F3O2S/c1-3-31-25(30)23-15-18(11-10-16(23)2)22-9-5-7-19-14-21(32-24(19)22)13-17-6-4-8-20(12-17)26(27,28)29/h4-12,14-15H,3,13H2,1-2H3. The Balaban J connectivity index is 1.71. The minimum absolute atomic E-state index is 0.307. The van der Waals surface area contributed by atoms with Gasteiger partial charge in [0.25, 0.3) is 0 Å². The Bertz CT molecular complexity index is 1290. The van der Waals surface area contributed by atoms with Crippen LogP contribution < -0.4 is 0 Å². The number of fused-ring (bicyclic) bond motifs is 1. The van der Waals surface area contributed by atoms with E-state index < -0.39 is 11.7 Å². The smallest absolute Gasteiger partial charge is 0.416 e. The Kier molecular flexibility index (Phi) is 6.07. The van der Waals surface area contributed by atoms with E-state index in [2.05, 4.69) is 0 Å². The third-order valence-corrected chi connectivity index (χ3v) is 6.46. The highest BCUT2D eigenvalue weighted by molar-refractivity contribution is 7.19. The number of alkyl halides is 3. The second kappa shape index (κ2) is 8.79. The molecule has 0 bridgehead atoms. The maximum absolute atomic E-state index is 13.1. The molecule has 0 saturated carbocycles. The zero-order valence-corrected chi connectivity index (χ0v) is 18.4. The van der Waals surface area contributed by atoms with Crippen LogP contribution in [0.5, 0.6) is 0 Å². The predicted molar refractivity (Wildman–Crippen MR) is 122 cm³/mol. The van der Waals surface area contributed by atoms with E-state index in [4.69, 9.17) is 4.74 Å². The summed E-state index contributed by atoms with van der Waals surface area (Å²) in [5.74, 6) is -0.351. The van der Waals surface area contributed by atoms with Crippen LogP contribution in [-0.4, -0.2) is 12.6 Å². The molecule has 0 saturated heterocycles. The topological polar surface area (TPSA) is 26.3 Å². The molecular formula is C26H21F3O2S. The van der Waals surface area contributed by atoms with E-state index in [0.29, 0.717) is 24.2 Å². The minimum atomic E-state index is -4.36. The summed E-state index contributed by atoms with van der Waals surface area (Å²) in [5, 5.41) is 1.02. The van der Waals surface area contributed by atoms with Gasteiger partial charge >= 0.3 is 12.1 Å². The second-order valence-corrected chi connectivity index (χ2v) is 8.70. The van der Waals surface area contributed by atoms with E-state index >= 15 is 0 Å². The minimum Gasteiger partial charge on any atom is -0.462 e. The van der Waals surface area contributed by atoms with Crippen molar-refractivity contribution in [1.29, 1.82) is 0 Å². The SMILES string of the molecule is CCOC(=O)c1cc(-c2cccc3cc(Cc4cccc(C(F)(F)F)c4)sc23)ccc1C. The summed E-state index contributed by atoms with van der Waals surface area (Å²) in [6.45, 7) is 3.95. The molecule has 0 amide bonds. The van der Waals surface area contributed by atoms with Crippen LogP contribution >= 0.6 is 11.3 Å². The third-order valence-electron chi connectivity index (χ3n) is 5.27. The fourth-order valence-corrected chi connectivity index (χ4v) is 4.94. The number of rotatable bonds is 5. The van der Waals surface area contributed by atoms with Gasteiger partial charge in [-0.1, -0.05) is 48.5 Å². The lowest BCUT2D eigenvalue weighted by atomic mass is 9.99. The molecule has 0 unspecified atom stereocenters. The largest absolute Gasteiger partial charge is 0.462 e. The van der Waals surface area contributed by atoms with Gasteiger partial charge in [-0.15, -0.1) is 11.3 Å². The van der Waals surface area contributed by atoms with E-state index in [0.717, 1.165) is 37.7 Å². The average Bonchev–Trinajstić information content (AvgIpc) is 3.16. The van der Waals surface area contributed by atoms with Crippen molar-refractivity contribution in [2.75, 3.05) is 6.61 Å². The van der Waals surface area contributed by atoms with Gasteiger partial charge in [0, 0.05) is 16.0 Å². The molecule has 2 nitrogen and oxygen atoms in total. The van der Waals surface area contributed by atoms with Crippen LogP contribution in [0.2, 0.25) is 0 Å². The predicted octanol–water partition coefficient (Wildman–Crippen LogP) is 7.66. The lowest BCUT2D eigenvalue weighted by Crippen LogP contribution is -2.06. The van der Waals surface area contributed by atoms with E-state index in [1.54, 1.807) is 24.3 Å². The van der Waals surface area contributed by atoms with Crippen LogP contribution in [0.4, 0.5) is 13.2 Å². The highest BCUT2D eigenvalue weighted by Crippen LogP contribution is 2.37. The molecule has 0 fully saturated rings. The molecule has 0 atom stereocenters. The maximum Gasteiger partial charge on any atom is 0.416 e. The lowest BCUT2D eigenvalue weighted by molar-refractivity contribution is -0.137. The molecule has 6 heteroatoms. The molecule has 1 aromatic heterocycles. The van der Waals surface area contributed by atoms with E-state index in [9.17, 15) is 18.0 Å².